The molecule has 0 aliphatic rings. The van der Waals surface area contributed by atoms with E-state index in [0.717, 1.165) is 4.68 Å². The number of carboxylic acid groups (broad SMARTS) is 1. The standard InChI is InChI=1S/C10H16N4O3/c1-6(2)7(3)11-10(17)8-4-14(13-12-8)5-9(15)16/h4,6-7H,5H2,1-3H3,(H,11,17)(H,15,16). The number of amides is 1. The summed E-state index contributed by atoms with van der Waals surface area (Å²) in [5.74, 6) is -1.06. The topological polar surface area (TPSA) is 97.1 Å². The number of carbonyl (C=O) groups excluding carboxylic acids is 1. The van der Waals surface area contributed by atoms with Gasteiger partial charge in [-0.05, 0) is 12.8 Å². The third-order valence-electron chi connectivity index (χ3n) is 2.43. The Hall–Kier alpha value is -1.92. The molecule has 0 aliphatic heterocycles. The molecule has 1 rings (SSSR count). The fourth-order valence-electron chi connectivity index (χ4n) is 1.07. The summed E-state index contributed by atoms with van der Waals surface area (Å²) < 4.78 is 1.11. The molecule has 1 heterocycles. The normalized spacial score (nSPS) is 12.5. The maximum absolute atomic E-state index is 11.7. The first kappa shape index (κ1) is 13.1. The Kier molecular flexibility index (Phi) is 4.19. The molecule has 0 saturated carbocycles. The van der Waals surface area contributed by atoms with E-state index in [1.807, 2.05) is 20.8 Å². The minimum Gasteiger partial charge on any atom is -0.480 e. The van der Waals surface area contributed by atoms with Gasteiger partial charge in [-0.15, -0.1) is 5.10 Å². The second-order valence-corrected chi connectivity index (χ2v) is 4.20. The van der Waals surface area contributed by atoms with Gasteiger partial charge >= 0.3 is 5.97 Å². The molecule has 0 spiro atoms. The van der Waals surface area contributed by atoms with Crippen molar-refractivity contribution >= 4 is 11.9 Å². The van der Waals surface area contributed by atoms with Crippen LogP contribution >= 0.6 is 0 Å². The number of aromatic nitrogens is 3. The highest BCUT2D eigenvalue weighted by Crippen LogP contribution is 2.01. The van der Waals surface area contributed by atoms with Gasteiger partial charge in [-0.3, -0.25) is 9.59 Å². The Morgan fingerprint density at radius 3 is 2.65 bits per heavy atom. The molecular formula is C10H16N4O3. The van der Waals surface area contributed by atoms with Crippen LogP contribution in [-0.4, -0.2) is 38.0 Å². The van der Waals surface area contributed by atoms with Gasteiger partial charge in [0.1, 0.15) is 6.54 Å². The minimum atomic E-state index is -1.03. The molecule has 2 N–H and O–H groups in total. The summed E-state index contributed by atoms with van der Waals surface area (Å²) in [6.07, 6.45) is 1.32. The van der Waals surface area contributed by atoms with Crippen LogP contribution in [0.15, 0.2) is 6.20 Å². The molecule has 94 valence electrons. The predicted octanol–water partition coefficient (Wildman–Crippen LogP) is 0.137. The van der Waals surface area contributed by atoms with Gasteiger partial charge in [0, 0.05) is 6.04 Å². The number of hydrogen-bond donors (Lipinski definition) is 2. The molecule has 0 radical (unpaired) electrons. The van der Waals surface area contributed by atoms with Crippen molar-refractivity contribution in [1.82, 2.24) is 20.3 Å². The maximum Gasteiger partial charge on any atom is 0.325 e. The quantitative estimate of drug-likeness (QED) is 0.762. The Bertz CT molecular complexity index is 413. The fraction of sp³-hybridized carbons (Fsp3) is 0.600. The van der Waals surface area contributed by atoms with Gasteiger partial charge in [-0.25, -0.2) is 4.68 Å². The monoisotopic (exact) mass is 240 g/mol. The van der Waals surface area contributed by atoms with Crippen LogP contribution in [0.1, 0.15) is 31.3 Å². The number of carbonyl (C=O) groups is 2. The molecule has 7 nitrogen and oxygen atoms in total. The number of nitrogens with one attached hydrogen (secondary N) is 1. The number of rotatable bonds is 5. The highest BCUT2D eigenvalue weighted by molar-refractivity contribution is 5.92. The van der Waals surface area contributed by atoms with Gasteiger partial charge in [0.15, 0.2) is 5.69 Å². The average Bonchev–Trinajstić information content (AvgIpc) is 2.64. The van der Waals surface area contributed by atoms with Gasteiger partial charge in [-0.1, -0.05) is 19.1 Å². The van der Waals surface area contributed by atoms with Crippen LogP contribution in [0.5, 0.6) is 0 Å². The van der Waals surface area contributed by atoms with Crippen molar-refractivity contribution in [1.29, 1.82) is 0 Å². The van der Waals surface area contributed by atoms with Crippen molar-refractivity contribution in [2.75, 3.05) is 0 Å². The molecule has 1 atom stereocenters. The molecule has 17 heavy (non-hydrogen) atoms. The van der Waals surface area contributed by atoms with Gasteiger partial charge in [0.05, 0.1) is 6.20 Å². The van der Waals surface area contributed by atoms with E-state index in [9.17, 15) is 9.59 Å². The lowest BCUT2D eigenvalue weighted by Crippen LogP contribution is -2.36. The van der Waals surface area contributed by atoms with Crippen LogP contribution < -0.4 is 5.32 Å². The summed E-state index contributed by atoms with van der Waals surface area (Å²) >= 11 is 0. The Labute approximate surface area is 98.8 Å². The Morgan fingerprint density at radius 1 is 1.47 bits per heavy atom. The molecule has 0 aromatic carbocycles. The van der Waals surface area contributed by atoms with Gasteiger partial charge < -0.3 is 10.4 Å². The molecule has 0 saturated heterocycles. The average molecular weight is 240 g/mol. The number of nitrogens with zero attached hydrogens (tertiary/aromatic N) is 3. The lowest BCUT2D eigenvalue weighted by Gasteiger charge is -2.16. The zero-order valence-corrected chi connectivity index (χ0v) is 10.0. The maximum atomic E-state index is 11.7. The molecule has 0 aliphatic carbocycles. The van der Waals surface area contributed by atoms with Crippen LogP contribution in [-0.2, 0) is 11.3 Å². The van der Waals surface area contributed by atoms with Gasteiger partial charge in [0.2, 0.25) is 0 Å². The minimum absolute atomic E-state index is 0.0205. The summed E-state index contributed by atoms with van der Waals surface area (Å²) in [6, 6.07) is 0.0205. The van der Waals surface area contributed by atoms with E-state index in [4.69, 9.17) is 5.11 Å². The van der Waals surface area contributed by atoms with E-state index in [-0.39, 0.29) is 24.2 Å². The first-order valence-corrected chi connectivity index (χ1v) is 5.33. The largest absolute Gasteiger partial charge is 0.480 e. The van der Waals surface area contributed by atoms with Crippen molar-refractivity contribution in [2.24, 2.45) is 5.92 Å². The third kappa shape index (κ3) is 3.86. The van der Waals surface area contributed by atoms with Crippen LogP contribution in [0.3, 0.4) is 0 Å². The van der Waals surface area contributed by atoms with Crippen molar-refractivity contribution in [3.8, 4) is 0 Å². The molecule has 1 unspecified atom stereocenters. The van der Waals surface area contributed by atoms with E-state index < -0.39 is 5.97 Å². The first-order valence-electron chi connectivity index (χ1n) is 5.33. The summed E-state index contributed by atoms with van der Waals surface area (Å²) in [4.78, 5) is 22.1. The molecule has 0 fully saturated rings. The van der Waals surface area contributed by atoms with Crippen molar-refractivity contribution < 1.29 is 14.7 Å². The lowest BCUT2D eigenvalue weighted by atomic mass is 10.1. The fourth-order valence-corrected chi connectivity index (χ4v) is 1.07. The highest BCUT2D eigenvalue weighted by atomic mass is 16.4. The lowest BCUT2D eigenvalue weighted by molar-refractivity contribution is -0.137. The second kappa shape index (κ2) is 5.42. The van der Waals surface area contributed by atoms with E-state index >= 15 is 0 Å². The van der Waals surface area contributed by atoms with Gasteiger partial charge in [0.25, 0.3) is 5.91 Å². The molecule has 1 aromatic rings. The summed E-state index contributed by atoms with van der Waals surface area (Å²) in [5, 5.41) is 18.5. The zero-order valence-electron chi connectivity index (χ0n) is 10.0. The van der Waals surface area contributed by atoms with Gasteiger partial charge in [-0.2, -0.15) is 0 Å². The summed E-state index contributed by atoms with van der Waals surface area (Å²) in [5.41, 5.74) is 0.124. The smallest absolute Gasteiger partial charge is 0.325 e. The predicted molar refractivity (Wildman–Crippen MR) is 59.4 cm³/mol. The third-order valence-corrected chi connectivity index (χ3v) is 2.43. The van der Waals surface area contributed by atoms with E-state index in [2.05, 4.69) is 15.6 Å². The molecule has 1 amide bonds. The number of hydrogen-bond acceptors (Lipinski definition) is 4. The van der Waals surface area contributed by atoms with Crippen molar-refractivity contribution in [3.05, 3.63) is 11.9 Å². The molecule has 0 bridgehead atoms. The number of aliphatic carboxylic acids is 1. The zero-order chi connectivity index (χ0) is 13.0. The Balaban J connectivity index is 2.64. The van der Waals surface area contributed by atoms with E-state index in [0.29, 0.717) is 5.92 Å². The van der Waals surface area contributed by atoms with E-state index in [1.165, 1.54) is 6.20 Å². The van der Waals surface area contributed by atoms with Crippen LogP contribution in [0.25, 0.3) is 0 Å². The van der Waals surface area contributed by atoms with E-state index in [1.54, 1.807) is 0 Å². The van der Waals surface area contributed by atoms with Crippen molar-refractivity contribution in [2.45, 2.75) is 33.4 Å². The summed E-state index contributed by atoms with van der Waals surface area (Å²) in [6.45, 7) is 5.57. The molecular weight excluding hydrogens is 224 g/mol. The highest BCUT2D eigenvalue weighted by Gasteiger charge is 2.15. The second-order valence-electron chi connectivity index (χ2n) is 4.20. The van der Waals surface area contributed by atoms with Crippen LogP contribution in [0, 0.1) is 5.92 Å². The molecule has 7 heteroatoms. The SMILES string of the molecule is CC(C)C(C)NC(=O)c1cn(CC(=O)O)nn1. The Morgan fingerprint density at radius 2 is 2.12 bits per heavy atom. The van der Waals surface area contributed by atoms with Crippen LogP contribution in [0.4, 0.5) is 0 Å². The number of carboxylic acids is 1. The van der Waals surface area contributed by atoms with Crippen molar-refractivity contribution in [3.63, 3.8) is 0 Å². The molecule has 1 aromatic heterocycles. The summed E-state index contributed by atoms with van der Waals surface area (Å²) in [7, 11) is 0. The first-order chi connectivity index (χ1) is 7.90. The van der Waals surface area contributed by atoms with Crippen LogP contribution in [0.2, 0.25) is 0 Å².